The van der Waals surface area contributed by atoms with Crippen LogP contribution in [0.3, 0.4) is 0 Å². The lowest BCUT2D eigenvalue weighted by Gasteiger charge is -2.12. The molecular formula is C19H13ClF2N4O2. The minimum absolute atomic E-state index is 0.0380. The van der Waals surface area contributed by atoms with Crippen molar-refractivity contribution in [2.75, 3.05) is 5.32 Å². The largest absolute Gasteiger partial charge is 0.327 e. The van der Waals surface area contributed by atoms with E-state index in [4.69, 9.17) is 11.6 Å². The Morgan fingerprint density at radius 2 is 1.89 bits per heavy atom. The minimum Gasteiger partial charge on any atom is -0.327 e. The maximum atomic E-state index is 13.4. The summed E-state index contributed by atoms with van der Waals surface area (Å²) in [6, 6.07) is 11.6. The van der Waals surface area contributed by atoms with Crippen LogP contribution in [0, 0.1) is 11.6 Å². The lowest BCUT2D eigenvalue weighted by Crippen LogP contribution is -2.36. The van der Waals surface area contributed by atoms with E-state index in [9.17, 15) is 18.4 Å². The third-order valence-electron chi connectivity index (χ3n) is 3.51. The Labute approximate surface area is 162 Å². The summed E-state index contributed by atoms with van der Waals surface area (Å²) >= 11 is 5.76. The number of carbonyl (C=O) groups excluding carboxylic acids is 1. The molecule has 9 heteroatoms. The molecule has 3 rings (SSSR count). The number of hydrogen-bond donors (Lipinski definition) is 3. The first kappa shape index (κ1) is 19.2. The number of halogens is 3. The number of aromatic amines is 1. The Morgan fingerprint density at radius 1 is 1.07 bits per heavy atom. The molecule has 2 aromatic carbocycles. The van der Waals surface area contributed by atoms with Crippen molar-refractivity contribution in [1.82, 2.24) is 10.3 Å². The van der Waals surface area contributed by atoms with E-state index in [2.05, 4.69) is 20.6 Å². The van der Waals surface area contributed by atoms with E-state index < -0.39 is 17.5 Å². The number of hydrogen-bond acceptors (Lipinski definition) is 3. The molecule has 1 amide bonds. The third kappa shape index (κ3) is 5.01. The van der Waals surface area contributed by atoms with Gasteiger partial charge in [0.2, 0.25) is 11.5 Å². The first-order valence-corrected chi connectivity index (χ1v) is 8.35. The monoisotopic (exact) mass is 402 g/mol. The van der Waals surface area contributed by atoms with Crippen LogP contribution >= 0.6 is 11.6 Å². The summed E-state index contributed by atoms with van der Waals surface area (Å²) < 4.78 is 26.7. The number of H-pyrrole nitrogens is 1. The maximum absolute atomic E-state index is 13.4. The average molecular weight is 403 g/mol. The van der Waals surface area contributed by atoms with Gasteiger partial charge in [0.05, 0.1) is 16.4 Å². The number of guanidine groups is 1. The lowest BCUT2D eigenvalue weighted by atomic mass is 10.2. The smallest absolute Gasteiger partial charge is 0.258 e. The molecule has 0 unspecified atom stereocenters. The molecule has 6 nitrogen and oxygen atoms in total. The molecule has 142 valence electrons. The van der Waals surface area contributed by atoms with Crippen LogP contribution in [0.1, 0.15) is 10.4 Å². The molecule has 28 heavy (non-hydrogen) atoms. The predicted octanol–water partition coefficient (Wildman–Crippen LogP) is 3.84. The molecule has 0 fully saturated rings. The number of aromatic nitrogens is 1. The van der Waals surface area contributed by atoms with Crippen LogP contribution in [-0.4, -0.2) is 16.9 Å². The second-order valence-corrected chi connectivity index (χ2v) is 6.00. The normalized spacial score (nSPS) is 11.2. The van der Waals surface area contributed by atoms with Crippen LogP contribution in [-0.2, 0) is 0 Å². The van der Waals surface area contributed by atoms with Gasteiger partial charge >= 0.3 is 0 Å². The van der Waals surface area contributed by atoms with Crippen molar-refractivity contribution in [2.24, 2.45) is 4.99 Å². The highest BCUT2D eigenvalue weighted by Gasteiger charge is 2.11. The van der Waals surface area contributed by atoms with Gasteiger partial charge in [-0.15, -0.1) is 0 Å². The fourth-order valence-corrected chi connectivity index (χ4v) is 2.38. The Kier molecular flexibility index (Phi) is 5.81. The fourth-order valence-electron chi connectivity index (χ4n) is 2.21. The van der Waals surface area contributed by atoms with Gasteiger partial charge in [-0.05, 0) is 42.5 Å². The molecule has 0 radical (unpaired) electrons. The molecule has 0 saturated heterocycles. The summed E-state index contributed by atoms with van der Waals surface area (Å²) in [6.07, 6.45) is 1.38. The topological polar surface area (TPSA) is 86.3 Å². The van der Waals surface area contributed by atoms with Crippen LogP contribution in [0.25, 0.3) is 0 Å². The van der Waals surface area contributed by atoms with Gasteiger partial charge in [0.1, 0.15) is 11.6 Å². The van der Waals surface area contributed by atoms with Gasteiger partial charge in [-0.2, -0.15) is 0 Å². The first-order valence-electron chi connectivity index (χ1n) is 7.97. The Hall–Kier alpha value is -3.52. The summed E-state index contributed by atoms with van der Waals surface area (Å²) in [5.74, 6) is -1.84. The van der Waals surface area contributed by atoms with Crippen LogP contribution in [0.4, 0.5) is 20.2 Å². The Balaban J connectivity index is 1.91. The van der Waals surface area contributed by atoms with Crippen LogP contribution in [0.2, 0.25) is 5.02 Å². The maximum Gasteiger partial charge on any atom is 0.258 e. The van der Waals surface area contributed by atoms with Crippen molar-refractivity contribution in [2.45, 2.75) is 0 Å². The summed E-state index contributed by atoms with van der Waals surface area (Å²) in [5.41, 5.74) is 0.454. The predicted molar refractivity (Wildman–Crippen MR) is 103 cm³/mol. The van der Waals surface area contributed by atoms with E-state index in [1.807, 2.05) is 0 Å². The van der Waals surface area contributed by atoms with Crippen molar-refractivity contribution >= 4 is 34.8 Å². The number of benzene rings is 2. The molecular weight excluding hydrogens is 390 g/mol. The number of carbonyl (C=O) groups is 1. The summed E-state index contributed by atoms with van der Waals surface area (Å²) in [4.78, 5) is 30.3. The molecule has 0 bridgehead atoms. The minimum atomic E-state index is -0.622. The highest BCUT2D eigenvalue weighted by Crippen LogP contribution is 2.21. The van der Waals surface area contributed by atoms with E-state index in [1.165, 1.54) is 48.7 Å². The quantitative estimate of drug-likeness (QED) is 0.459. The zero-order chi connectivity index (χ0) is 20.1. The molecule has 1 heterocycles. The van der Waals surface area contributed by atoms with Crippen LogP contribution < -0.4 is 16.2 Å². The summed E-state index contributed by atoms with van der Waals surface area (Å²) in [7, 11) is 0. The number of nitrogens with zero attached hydrogens (tertiary/aromatic N) is 1. The number of anilines is 1. The van der Waals surface area contributed by atoms with Gasteiger partial charge in [-0.3, -0.25) is 14.9 Å². The number of nitrogens with one attached hydrogen (secondary N) is 3. The fraction of sp³-hybridized carbons (Fsp3) is 0. The molecule has 3 N–H and O–H groups in total. The zero-order valence-electron chi connectivity index (χ0n) is 14.2. The van der Waals surface area contributed by atoms with Crippen molar-refractivity contribution in [3.8, 4) is 0 Å². The molecule has 3 aromatic rings. The van der Waals surface area contributed by atoms with Crippen molar-refractivity contribution in [3.05, 3.63) is 93.4 Å². The third-order valence-corrected chi connectivity index (χ3v) is 3.80. The molecule has 0 spiro atoms. The second kappa shape index (κ2) is 8.45. The van der Waals surface area contributed by atoms with Gasteiger partial charge < -0.3 is 10.3 Å². The molecule has 0 aliphatic rings. The summed E-state index contributed by atoms with van der Waals surface area (Å²) in [5, 5.41) is 5.19. The first-order chi connectivity index (χ1) is 13.4. The summed E-state index contributed by atoms with van der Waals surface area (Å²) in [6.45, 7) is 0. The van der Waals surface area contributed by atoms with Crippen molar-refractivity contribution < 1.29 is 13.6 Å². The van der Waals surface area contributed by atoms with Crippen molar-refractivity contribution in [3.63, 3.8) is 0 Å². The standard InChI is InChI=1S/C19H13ClF2N4O2/c20-15-9-13(4-6-16(15)22)24-19(25-14-5-7-17(27)23-10-14)26-18(28)11-2-1-3-12(21)8-11/h1-10H,(H,23,27)(H2,24,25,26,28). The van der Waals surface area contributed by atoms with Gasteiger partial charge in [0.25, 0.3) is 5.91 Å². The van der Waals surface area contributed by atoms with E-state index in [0.29, 0.717) is 5.69 Å². The molecule has 0 aliphatic heterocycles. The molecule has 1 aromatic heterocycles. The number of aliphatic imine (C=N–C) groups is 1. The van der Waals surface area contributed by atoms with Gasteiger partial charge in [-0.25, -0.2) is 13.8 Å². The lowest BCUT2D eigenvalue weighted by molar-refractivity contribution is 0.0976. The van der Waals surface area contributed by atoms with E-state index >= 15 is 0 Å². The highest BCUT2D eigenvalue weighted by molar-refractivity contribution is 6.31. The van der Waals surface area contributed by atoms with E-state index in [1.54, 1.807) is 0 Å². The van der Waals surface area contributed by atoms with Crippen LogP contribution in [0.5, 0.6) is 0 Å². The Bertz CT molecular complexity index is 1090. The number of amides is 1. The number of pyridine rings is 1. The molecule has 0 aliphatic carbocycles. The van der Waals surface area contributed by atoms with E-state index in [-0.39, 0.29) is 27.8 Å². The SMILES string of the molecule is O=C(NC(=Nc1ccc(F)c(Cl)c1)Nc1ccc(=O)[nH]c1)c1cccc(F)c1. The van der Waals surface area contributed by atoms with Crippen LogP contribution in [0.15, 0.2) is 70.6 Å². The molecule has 0 atom stereocenters. The second-order valence-electron chi connectivity index (χ2n) is 5.59. The average Bonchev–Trinajstić information content (AvgIpc) is 2.66. The van der Waals surface area contributed by atoms with Gasteiger partial charge in [-0.1, -0.05) is 17.7 Å². The van der Waals surface area contributed by atoms with Gasteiger partial charge in [0, 0.05) is 17.8 Å². The highest BCUT2D eigenvalue weighted by atomic mass is 35.5. The molecule has 0 saturated carbocycles. The zero-order valence-corrected chi connectivity index (χ0v) is 14.9. The Morgan fingerprint density at radius 3 is 2.57 bits per heavy atom. The number of rotatable bonds is 3. The van der Waals surface area contributed by atoms with E-state index in [0.717, 1.165) is 12.1 Å². The van der Waals surface area contributed by atoms with Gasteiger partial charge in [0.15, 0.2) is 0 Å². The van der Waals surface area contributed by atoms with Crippen molar-refractivity contribution in [1.29, 1.82) is 0 Å².